The number of benzene rings is 9. The van der Waals surface area contributed by atoms with E-state index in [9.17, 15) is 68.3 Å². The standard InChI is InChI=1S/3C26H19F3N2O4/c3*27-26(28,29)35-19-5-3-4-18(14-19)34-23-12-13-31(25(23)33)17-10-8-16(9-11-17)22-15-30-24(32)21-7-2-1-6-20(21)22/h3*1-11,14-15,23H,12-13H2,(H,30,32). The van der Waals surface area contributed by atoms with Gasteiger partial charge in [-0.3, -0.25) is 28.8 Å². The van der Waals surface area contributed by atoms with E-state index in [0.29, 0.717) is 72.1 Å². The van der Waals surface area contributed by atoms with E-state index in [1.54, 1.807) is 51.5 Å². The van der Waals surface area contributed by atoms with E-state index in [1.807, 2.05) is 127 Å². The Morgan fingerprint density at radius 2 is 0.533 bits per heavy atom. The van der Waals surface area contributed by atoms with Crippen LogP contribution < -0.4 is 59.8 Å². The number of ether oxygens (including phenoxy) is 6. The third-order valence-corrected chi connectivity index (χ3v) is 17.3. The first-order valence-corrected chi connectivity index (χ1v) is 32.5. The van der Waals surface area contributed by atoms with E-state index in [0.717, 1.165) is 85.9 Å². The predicted molar refractivity (Wildman–Crippen MR) is 374 cm³/mol. The molecule has 0 saturated carbocycles. The van der Waals surface area contributed by atoms with Gasteiger partial charge in [-0.1, -0.05) is 109 Å². The van der Waals surface area contributed by atoms with Crippen molar-refractivity contribution in [2.45, 2.75) is 56.7 Å². The molecule has 3 aliphatic rings. The fraction of sp³-hybridized carbons (Fsp3) is 0.154. The minimum atomic E-state index is -4.81. The van der Waals surface area contributed by atoms with Crippen molar-refractivity contribution in [3.05, 3.63) is 268 Å². The van der Waals surface area contributed by atoms with Gasteiger partial charge in [0.25, 0.3) is 34.4 Å². The molecule has 3 N–H and O–H groups in total. The molecule has 15 rings (SSSR count). The smallest absolute Gasteiger partial charge is 0.480 e. The highest BCUT2D eigenvalue weighted by Crippen LogP contribution is 2.37. The van der Waals surface area contributed by atoms with Crippen LogP contribution in [0.25, 0.3) is 65.7 Å². The van der Waals surface area contributed by atoms with Gasteiger partial charge in [0.05, 0.1) is 0 Å². The minimum Gasteiger partial charge on any atom is -0.480 e. The summed E-state index contributed by atoms with van der Waals surface area (Å²) in [5, 5.41) is 4.25. The lowest BCUT2D eigenvalue weighted by molar-refractivity contribution is -0.275. The van der Waals surface area contributed by atoms with Crippen LogP contribution in [0.2, 0.25) is 0 Å². The average Bonchev–Trinajstić information content (AvgIpc) is 1.62. The number of nitrogens with one attached hydrogen (secondary N) is 3. The second kappa shape index (κ2) is 29.6. The van der Waals surface area contributed by atoms with Crippen molar-refractivity contribution in [2.75, 3.05) is 34.3 Å². The zero-order valence-electron chi connectivity index (χ0n) is 54.6. The molecule has 0 radical (unpaired) electrons. The number of aromatic nitrogens is 3. The van der Waals surface area contributed by atoms with E-state index in [1.165, 1.54) is 36.4 Å². The van der Waals surface area contributed by atoms with Crippen molar-refractivity contribution >= 4 is 67.1 Å². The van der Waals surface area contributed by atoms with Gasteiger partial charge in [-0.05, 0) is 124 Å². The topological polar surface area (TPSA) is 215 Å². The van der Waals surface area contributed by atoms with Crippen LogP contribution in [0.15, 0.2) is 251 Å². The Bertz CT molecular complexity index is 4870. The van der Waals surface area contributed by atoms with Gasteiger partial charge in [0.1, 0.15) is 34.5 Å². The second-order valence-corrected chi connectivity index (χ2v) is 24.1. The molecule has 6 heterocycles. The highest BCUT2D eigenvalue weighted by atomic mass is 19.4. The van der Waals surface area contributed by atoms with Crippen molar-refractivity contribution in [3.8, 4) is 67.9 Å². The van der Waals surface area contributed by atoms with E-state index in [2.05, 4.69) is 29.2 Å². The number of H-pyrrole nitrogens is 3. The van der Waals surface area contributed by atoms with Crippen molar-refractivity contribution < 1.29 is 82.3 Å². The number of alkyl halides is 9. The summed E-state index contributed by atoms with van der Waals surface area (Å²) in [5.74, 6) is -1.74. The number of nitrogens with zero attached hydrogens (tertiary/aromatic N) is 3. The average molecular weight is 1440 g/mol. The lowest BCUT2D eigenvalue weighted by atomic mass is 10.0. The summed E-state index contributed by atoms with van der Waals surface area (Å²) in [6, 6.07) is 59.4. The molecular formula is C78H57F9N6O12. The Morgan fingerprint density at radius 3 is 0.781 bits per heavy atom. The fourth-order valence-corrected chi connectivity index (χ4v) is 12.6. The number of pyridine rings is 3. The van der Waals surface area contributed by atoms with Gasteiger partial charge in [0, 0.05) is 126 Å². The highest BCUT2D eigenvalue weighted by Gasteiger charge is 2.39. The van der Waals surface area contributed by atoms with Crippen LogP contribution in [0, 0.1) is 0 Å². The van der Waals surface area contributed by atoms with Crippen LogP contribution in [0.4, 0.5) is 56.6 Å². The summed E-state index contributed by atoms with van der Waals surface area (Å²) < 4.78 is 141. The number of carbonyl (C=O) groups excluding carboxylic acids is 3. The first-order valence-electron chi connectivity index (χ1n) is 32.5. The highest BCUT2D eigenvalue weighted by molar-refractivity contribution is 6.03. The third-order valence-electron chi connectivity index (χ3n) is 17.3. The first-order chi connectivity index (χ1) is 50.3. The predicted octanol–water partition coefficient (Wildman–Crippen LogP) is 15.8. The molecule has 0 bridgehead atoms. The van der Waals surface area contributed by atoms with E-state index >= 15 is 0 Å². The number of carbonyl (C=O) groups is 3. The zero-order chi connectivity index (χ0) is 73.7. The number of halogens is 9. The van der Waals surface area contributed by atoms with Crippen molar-refractivity contribution in [1.82, 2.24) is 15.0 Å². The Hall–Kier alpha value is -12.8. The summed E-state index contributed by atoms with van der Waals surface area (Å²) in [7, 11) is 0. The molecular weight excluding hydrogens is 1380 g/mol. The molecule has 0 aliphatic carbocycles. The quantitative estimate of drug-likeness (QED) is 0.0818. The Labute approximate surface area is 588 Å². The number of aromatic amines is 3. The van der Waals surface area contributed by atoms with Crippen LogP contribution >= 0.6 is 0 Å². The Kier molecular flexibility index (Phi) is 19.9. The van der Waals surface area contributed by atoms with Crippen molar-refractivity contribution in [3.63, 3.8) is 0 Å². The minimum absolute atomic E-state index is 0.118. The molecule has 3 fully saturated rings. The normalized spacial score (nSPS) is 16.0. The molecule has 3 aromatic heterocycles. The first kappa shape index (κ1) is 70.6. The summed E-state index contributed by atoms with van der Waals surface area (Å²) in [5.41, 5.74) is 6.75. The number of hydrogen-bond donors (Lipinski definition) is 3. The molecule has 3 saturated heterocycles. The number of fused-ring (bicyclic) bond motifs is 3. The van der Waals surface area contributed by atoms with Gasteiger partial charge in [-0.15, -0.1) is 39.5 Å². The van der Waals surface area contributed by atoms with E-state index < -0.39 is 54.6 Å². The van der Waals surface area contributed by atoms with E-state index in [4.69, 9.17) is 14.2 Å². The number of rotatable bonds is 15. The van der Waals surface area contributed by atoms with Gasteiger partial charge in [-0.25, -0.2) is 0 Å². The maximum Gasteiger partial charge on any atom is 0.573 e. The maximum absolute atomic E-state index is 12.9. The molecule has 3 amide bonds. The lowest BCUT2D eigenvalue weighted by Crippen LogP contribution is -2.32. The molecule has 3 unspecified atom stereocenters. The van der Waals surface area contributed by atoms with Crippen LogP contribution in [-0.2, 0) is 14.4 Å². The molecule has 534 valence electrons. The summed E-state index contributed by atoms with van der Waals surface area (Å²) in [6.45, 7) is 1.22. The Balaban J connectivity index is 0.000000140. The molecule has 3 aliphatic heterocycles. The number of amides is 3. The molecule has 27 heteroatoms. The van der Waals surface area contributed by atoms with Crippen LogP contribution in [-0.4, -0.2) is 89.7 Å². The fourth-order valence-electron chi connectivity index (χ4n) is 12.6. The SMILES string of the molecule is O=C1C(Oc2cccc(OC(F)(F)F)c2)CCN1c1ccc(-c2c[nH]c(=O)c3ccccc23)cc1.O=C1C(Oc2cccc(OC(F)(F)F)c2)CCN1c1ccc(-c2c[nH]c(=O)c3ccccc23)cc1.O=C1C(Oc2cccc(OC(F)(F)F)c2)CCN1c1ccc(-c2c[nH]c(=O)c3ccccc23)cc1. The van der Waals surface area contributed by atoms with Crippen LogP contribution in [0.5, 0.6) is 34.5 Å². The van der Waals surface area contributed by atoms with Crippen LogP contribution in [0.3, 0.4) is 0 Å². The molecule has 9 aromatic carbocycles. The number of hydrogen-bond acceptors (Lipinski definition) is 12. The van der Waals surface area contributed by atoms with Gasteiger partial charge in [0.15, 0.2) is 18.3 Å². The Morgan fingerprint density at radius 1 is 0.295 bits per heavy atom. The lowest BCUT2D eigenvalue weighted by Gasteiger charge is -2.18. The number of anilines is 3. The summed E-state index contributed by atoms with van der Waals surface area (Å²) >= 11 is 0. The van der Waals surface area contributed by atoms with E-state index in [-0.39, 0.29) is 51.6 Å². The molecule has 3 atom stereocenters. The monoisotopic (exact) mass is 1440 g/mol. The summed E-state index contributed by atoms with van der Waals surface area (Å²) in [6.07, 6.45) is -10.7. The largest absolute Gasteiger partial charge is 0.573 e. The second-order valence-electron chi connectivity index (χ2n) is 24.1. The van der Waals surface area contributed by atoms with Gasteiger partial charge >= 0.3 is 19.1 Å². The van der Waals surface area contributed by atoms with Gasteiger partial charge < -0.3 is 58.1 Å². The molecule has 105 heavy (non-hydrogen) atoms. The van der Waals surface area contributed by atoms with Crippen LogP contribution in [0.1, 0.15) is 19.3 Å². The summed E-state index contributed by atoms with van der Waals surface area (Å²) in [4.78, 5) is 88.1. The molecule has 12 aromatic rings. The molecule has 0 spiro atoms. The van der Waals surface area contributed by atoms with Crippen molar-refractivity contribution in [2.24, 2.45) is 0 Å². The van der Waals surface area contributed by atoms with Crippen molar-refractivity contribution in [1.29, 1.82) is 0 Å². The molecule has 18 nitrogen and oxygen atoms in total. The maximum atomic E-state index is 12.9. The third kappa shape index (κ3) is 16.6. The zero-order valence-corrected chi connectivity index (χ0v) is 54.6. The van der Waals surface area contributed by atoms with Gasteiger partial charge in [-0.2, -0.15) is 0 Å². The van der Waals surface area contributed by atoms with Gasteiger partial charge in [0.2, 0.25) is 0 Å².